The molecule has 1 heterocycles. The van der Waals surface area contributed by atoms with Crippen LogP contribution in [0.15, 0.2) is 59.5 Å². The molecule has 0 aliphatic rings. The normalized spacial score (nSPS) is 12.1. The maximum atomic E-state index is 11.9. The lowest BCUT2D eigenvalue weighted by Crippen LogP contribution is -3.07. The Kier molecular flexibility index (Phi) is 4.90. The van der Waals surface area contributed by atoms with Crippen molar-refractivity contribution in [2.45, 2.75) is 13.2 Å². The van der Waals surface area contributed by atoms with Gasteiger partial charge in [-0.15, -0.1) is 0 Å². The molecule has 6 nitrogen and oxygen atoms in total. The number of para-hydroxylation sites is 1. The largest absolute Gasteiger partial charge is 0.355 e. The lowest BCUT2D eigenvalue weighted by atomic mass is 10.1. The second-order valence-corrected chi connectivity index (χ2v) is 6.09. The average Bonchev–Trinajstić information content (AvgIpc) is 2.64. The molecule has 3 aromatic rings. The van der Waals surface area contributed by atoms with Crippen molar-refractivity contribution in [2.75, 3.05) is 14.1 Å². The Hall–Kier alpha value is -2.99. The van der Waals surface area contributed by atoms with Crippen molar-refractivity contribution in [3.05, 3.63) is 76.1 Å². The summed E-state index contributed by atoms with van der Waals surface area (Å²) in [7, 11) is 3.69. The molecule has 1 atom stereocenters. The standard InChI is InChI=1S/C19H20N4O2/c1-20-19(25)15-9-7-14(8-10-15)12-22(2)13-23-17-6-4-3-5-16(17)18(24)11-21-23/h3-11H,12-13H2,1-2H3,(H,20,25)/p+1. The van der Waals surface area contributed by atoms with E-state index in [1.54, 1.807) is 7.05 Å². The minimum absolute atomic E-state index is 0.0608. The fourth-order valence-electron chi connectivity index (χ4n) is 2.87. The molecule has 6 heteroatoms. The highest BCUT2D eigenvalue weighted by atomic mass is 16.1. The van der Waals surface area contributed by atoms with Crippen molar-refractivity contribution in [2.24, 2.45) is 0 Å². The smallest absolute Gasteiger partial charge is 0.251 e. The number of carbonyl (C=O) groups is 1. The topological polar surface area (TPSA) is 68.4 Å². The first-order valence-electron chi connectivity index (χ1n) is 8.15. The first-order chi connectivity index (χ1) is 12.1. The van der Waals surface area contributed by atoms with E-state index in [1.807, 2.05) is 53.2 Å². The van der Waals surface area contributed by atoms with Crippen LogP contribution in [0.1, 0.15) is 15.9 Å². The highest BCUT2D eigenvalue weighted by Gasteiger charge is 2.10. The summed E-state index contributed by atoms with van der Waals surface area (Å²) in [6, 6.07) is 15.1. The molecule has 0 aliphatic carbocycles. The highest BCUT2D eigenvalue weighted by molar-refractivity contribution is 5.93. The van der Waals surface area contributed by atoms with Crippen molar-refractivity contribution in [1.29, 1.82) is 0 Å². The van der Waals surface area contributed by atoms with E-state index in [4.69, 9.17) is 0 Å². The lowest BCUT2D eigenvalue weighted by Gasteiger charge is -2.16. The van der Waals surface area contributed by atoms with Gasteiger partial charge >= 0.3 is 0 Å². The summed E-state index contributed by atoms with van der Waals surface area (Å²) >= 11 is 0. The zero-order chi connectivity index (χ0) is 17.8. The number of nitrogens with zero attached hydrogens (tertiary/aromatic N) is 2. The number of benzene rings is 2. The molecule has 1 aromatic heterocycles. The Morgan fingerprint density at radius 1 is 1.16 bits per heavy atom. The van der Waals surface area contributed by atoms with Crippen LogP contribution in [0.25, 0.3) is 10.9 Å². The third-order valence-electron chi connectivity index (χ3n) is 4.13. The molecule has 0 radical (unpaired) electrons. The molecular weight excluding hydrogens is 316 g/mol. The molecule has 0 saturated carbocycles. The van der Waals surface area contributed by atoms with Crippen molar-refractivity contribution in [3.8, 4) is 0 Å². The van der Waals surface area contributed by atoms with Gasteiger partial charge in [-0.1, -0.05) is 24.3 Å². The minimum atomic E-state index is -0.0869. The first-order valence-corrected chi connectivity index (χ1v) is 8.15. The number of nitrogens with one attached hydrogen (secondary N) is 2. The van der Waals surface area contributed by atoms with E-state index in [2.05, 4.69) is 17.5 Å². The maximum Gasteiger partial charge on any atom is 0.251 e. The molecular formula is C19H21N4O2+. The molecule has 128 valence electrons. The number of rotatable bonds is 5. The molecule has 1 unspecified atom stereocenters. The van der Waals surface area contributed by atoms with Crippen LogP contribution in [0.2, 0.25) is 0 Å². The van der Waals surface area contributed by atoms with Crippen LogP contribution in [-0.4, -0.2) is 29.8 Å². The summed E-state index contributed by atoms with van der Waals surface area (Å²) in [5.41, 5.74) is 2.56. The van der Waals surface area contributed by atoms with Gasteiger partial charge in [-0.3, -0.25) is 9.59 Å². The molecule has 0 bridgehead atoms. The second-order valence-electron chi connectivity index (χ2n) is 6.09. The van der Waals surface area contributed by atoms with Gasteiger partial charge in [-0.2, -0.15) is 5.10 Å². The van der Waals surface area contributed by atoms with E-state index in [0.29, 0.717) is 17.6 Å². The molecule has 0 spiro atoms. The van der Waals surface area contributed by atoms with Crippen LogP contribution in [-0.2, 0) is 13.2 Å². The summed E-state index contributed by atoms with van der Waals surface area (Å²) in [6.45, 7) is 1.42. The number of aromatic nitrogens is 2. The molecule has 2 N–H and O–H groups in total. The fourth-order valence-corrected chi connectivity index (χ4v) is 2.87. The van der Waals surface area contributed by atoms with Gasteiger partial charge in [0, 0.05) is 23.6 Å². The summed E-state index contributed by atoms with van der Waals surface area (Å²) in [5, 5.41) is 7.56. The van der Waals surface area contributed by atoms with Crippen molar-refractivity contribution < 1.29 is 9.69 Å². The zero-order valence-electron chi connectivity index (χ0n) is 14.3. The van der Waals surface area contributed by atoms with E-state index in [0.717, 1.165) is 17.6 Å². The Balaban J connectivity index is 1.75. The van der Waals surface area contributed by atoms with Crippen LogP contribution >= 0.6 is 0 Å². The molecule has 0 fully saturated rings. The summed E-state index contributed by atoms with van der Waals surface area (Å²) in [5.74, 6) is -0.0869. The van der Waals surface area contributed by atoms with Crippen LogP contribution in [0.3, 0.4) is 0 Å². The molecule has 3 rings (SSSR count). The summed E-state index contributed by atoms with van der Waals surface area (Å²) in [4.78, 5) is 24.7. The Morgan fingerprint density at radius 2 is 1.88 bits per heavy atom. The van der Waals surface area contributed by atoms with Crippen molar-refractivity contribution >= 4 is 16.8 Å². The van der Waals surface area contributed by atoms with Crippen LogP contribution in [0.4, 0.5) is 0 Å². The third kappa shape index (κ3) is 3.75. The maximum absolute atomic E-state index is 11.9. The first kappa shape index (κ1) is 16.9. The van der Waals surface area contributed by atoms with Gasteiger partial charge in [0.05, 0.1) is 18.8 Å². The molecule has 2 aromatic carbocycles. The van der Waals surface area contributed by atoms with E-state index in [1.165, 1.54) is 11.1 Å². The van der Waals surface area contributed by atoms with Crippen molar-refractivity contribution in [3.63, 3.8) is 0 Å². The van der Waals surface area contributed by atoms with Crippen LogP contribution in [0, 0.1) is 0 Å². The predicted molar refractivity (Wildman–Crippen MR) is 96.4 cm³/mol. The van der Waals surface area contributed by atoms with E-state index in [9.17, 15) is 9.59 Å². The number of carbonyl (C=O) groups excluding carboxylic acids is 1. The zero-order valence-corrected chi connectivity index (χ0v) is 14.3. The number of quaternary nitrogens is 1. The Morgan fingerprint density at radius 3 is 2.60 bits per heavy atom. The number of hydrogen-bond acceptors (Lipinski definition) is 3. The van der Waals surface area contributed by atoms with E-state index >= 15 is 0 Å². The molecule has 25 heavy (non-hydrogen) atoms. The van der Waals surface area contributed by atoms with Gasteiger partial charge in [0.1, 0.15) is 6.54 Å². The monoisotopic (exact) mass is 337 g/mol. The Labute approximate surface area is 145 Å². The third-order valence-corrected chi connectivity index (χ3v) is 4.13. The number of amides is 1. The quantitative estimate of drug-likeness (QED) is 0.709. The Bertz CT molecular complexity index is 948. The van der Waals surface area contributed by atoms with Gasteiger partial charge in [-0.25, -0.2) is 4.68 Å². The van der Waals surface area contributed by atoms with Crippen LogP contribution < -0.4 is 15.6 Å². The SMILES string of the molecule is CNC(=O)c1ccc(C[NH+](C)Cn2ncc(=O)c3ccccc32)cc1. The number of fused-ring (bicyclic) bond motifs is 1. The van der Waals surface area contributed by atoms with Gasteiger partial charge in [0.25, 0.3) is 5.91 Å². The van der Waals surface area contributed by atoms with Gasteiger partial charge in [0.2, 0.25) is 5.43 Å². The minimum Gasteiger partial charge on any atom is -0.355 e. The van der Waals surface area contributed by atoms with E-state index in [-0.39, 0.29) is 11.3 Å². The summed E-state index contributed by atoms with van der Waals surface area (Å²) < 4.78 is 1.85. The lowest BCUT2D eigenvalue weighted by molar-refractivity contribution is -0.917. The van der Waals surface area contributed by atoms with Crippen molar-refractivity contribution in [1.82, 2.24) is 15.1 Å². The summed E-state index contributed by atoms with van der Waals surface area (Å²) in [6.07, 6.45) is 1.37. The molecule has 0 aliphatic heterocycles. The average molecular weight is 337 g/mol. The highest BCUT2D eigenvalue weighted by Crippen LogP contribution is 2.07. The molecule has 0 saturated heterocycles. The van der Waals surface area contributed by atoms with Crippen LogP contribution in [0.5, 0.6) is 0 Å². The second kappa shape index (κ2) is 7.27. The van der Waals surface area contributed by atoms with Gasteiger partial charge in [0.15, 0.2) is 6.67 Å². The van der Waals surface area contributed by atoms with Gasteiger partial charge < -0.3 is 10.2 Å². The fraction of sp³-hybridized carbons (Fsp3) is 0.211. The predicted octanol–water partition coefficient (Wildman–Crippen LogP) is 0.429. The van der Waals surface area contributed by atoms with Gasteiger partial charge in [-0.05, 0) is 24.3 Å². The van der Waals surface area contributed by atoms with E-state index < -0.39 is 0 Å². The molecule has 1 amide bonds. The number of hydrogen-bond donors (Lipinski definition) is 2.